The number of benzene rings is 1. The first-order valence-corrected chi connectivity index (χ1v) is 7.00. The lowest BCUT2D eigenvalue weighted by Crippen LogP contribution is -2.17. The molecule has 8 heteroatoms. The van der Waals surface area contributed by atoms with E-state index in [2.05, 4.69) is 5.32 Å². The molecule has 1 aromatic heterocycles. The number of thiophene rings is 1. The monoisotopic (exact) mass is 307 g/mol. The molecule has 0 radical (unpaired) electrons. The highest BCUT2D eigenvalue weighted by atomic mass is 32.1. The summed E-state index contributed by atoms with van der Waals surface area (Å²) in [5.74, 6) is 0. The average Bonchev–Trinajstić information content (AvgIpc) is 2.94. The molecule has 21 heavy (non-hydrogen) atoms. The van der Waals surface area contributed by atoms with E-state index < -0.39 is 9.85 Å². The zero-order valence-electron chi connectivity index (χ0n) is 11.2. The van der Waals surface area contributed by atoms with E-state index in [4.69, 9.17) is 0 Å². The first-order chi connectivity index (χ1) is 9.97. The fourth-order valence-corrected chi connectivity index (χ4v) is 2.61. The van der Waals surface area contributed by atoms with Crippen molar-refractivity contribution in [3.05, 3.63) is 67.1 Å². The highest BCUT2D eigenvalue weighted by molar-refractivity contribution is 7.15. The molecule has 2 aromatic rings. The minimum absolute atomic E-state index is 0.0490. The van der Waals surface area contributed by atoms with Crippen LogP contribution in [0.1, 0.15) is 23.4 Å². The van der Waals surface area contributed by atoms with Crippen molar-refractivity contribution in [2.75, 3.05) is 0 Å². The second kappa shape index (κ2) is 6.42. The van der Waals surface area contributed by atoms with Gasteiger partial charge in [0, 0.05) is 35.7 Å². The van der Waals surface area contributed by atoms with Crippen LogP contribution in [0, 0.1) is 20.2 Å². The number of nitrogens with zero attached hydrogens (tertiary/aromatic N) is 2. The van der Waals surface area contributed by atoms with Gasteiger partial charge < -0.3 is 5.32 Å². The molecule has 0 bridgehead atoms. The quantitative estimate of drug-likeness (QED) is 0.651. The first-order valence-electron chi connectivity index (χ1n) is 6.18. The summed E-state index contributed by atoms with van der Waals surface area (Å²) >= 11 is 1.12. The Hall–Kier alpha value is -2.32. The standard InChI is InChI=1S/C13H13N3O4S/c1-9(10-3-2-4-11(7-10)15(17)18)14-8-12-5-6-13(21-12)16(19)20/h2-7,9,14H,8H2,1H3. The fraction of sp³-hybridized carbons (Fsp3) is 0.231. The van der Waals surface area contributed by atoms with Crippen LogP contribution in [0.4, 0.5) is 10.7 Å². The average molecular weight is 307 g/mol. The fourth-order valence-electron chi connectivity index (χ4n) is 1.84. The van der Waals surface area contributed by atoms with Crippen molar-refractivity contribution in [3.8, 4) is 0 Å². The molecule has 0 aliphatic heterocycles. The highest BCUT2D eigenvalue weighted by Gasteiger charge is 2.13. The van der Waals surface area contributed by atoms with Crippen LogP contribution in [0.2, 0.25) is 0 Å². The van der Waals surface area contributed by atoms with Gasteiger partial charge in [-0.1, -0.05) is 23.5 Å². The van der Waals surface area contributed by atoms with Crippen LogP contribution in [0.3, 0.4) is 0 Å². The molecule has 0 saturated carbocycles. The Labute approximate surface area is 124 Å². The van der Waals surface area contributed by atoms with E-state index in [1.807, 2.05) is 13.0 Å². The first kappa shape index (κ1) is 15.1. The Morgan fingerprint density at radius 3 is 2.57 bits per heavy atom. The molecule has 0 fully saturated rings. The molecule has 0 amide bonds. The maximum absolute atomic E-state index is 10.7. The maximum atomic E-state index is 10.7. The number of rotatable bonds is 6. The van der Waals surface area contributed by atoms with Crippen LogP contribution >= 0.6 is 11.3 Å². The molecule has 7 nitrogen and oxygen atoms in total. The summed E-state index contributed by atoms with van der Waals surface area (Å²) in [7, 11) is 0. The van der Waals surface area contributed by atoms with Crippen molar-refractivity contribution < 1.29 is 9.85 Å². The van der Waals surface area contributed by atoms with Gasteiger partial charge in [-0.05, 0) is 18.6 Å². The normalized spacial score (nSPS) is 12.0. The smallest absolute Gasteiger partial charge is 0.305 e. The molecule has 1 atom stereocenters. The lowest BCUT2D eigenvalue weighted by molar-refractivity contribution is -0.384. The number of hydrogen-bond donors (Lipinski definition) is 1. The van der Waals surface area contributed by atoms with Crippen molar-refractivity contribution in [3.63, 3.8) is 0 Å². The van der Waals surface area contributed by atoms with E-state index in [-0.39, 0.29) is 16.7 Å². The molecule has 1 unspecified atom stereocenters. The number of hydrogen-bond acceptors (Lipinski definition) is 6. The van der Waals surface area contributed by atoms with Gasteiger partial charge in [0.05, 0.1) is 9.85 Å². The molecular weight excluding hydrogens is 294 g/mol. The van der Waals surface area contributed by atoms with Crippen LogP contribution < -0.4 is 5.32 Å². The van der Waals surface area contributed by atoms with Gasteiger partial charge in [0.25, 0.3) is 5.69 Å². The third-order valence-electron chi connectivity index (χ3n) is 2.99. The van der Waals surface area contributed by atoms with Crippen molar-refractivity contribution in [2.24, 2.45) is 0 Å². The topological polar surface area (TPSA) is 98.3 Å². The maximum Gasteiger partial charge on any atom is 0.324 e. The van der Waals surface area contributed by atoms with Crippen molar-refractivity contribution in [2.45, 2.75) is 19.5 Å². The Balaban J connectivity index is 2.00. The molecule has 1 N–H and O–H groups in total. The second-order valence-electron chi connectivity index (χ2n) is 4.45. The van der Waals surface area contributed by atoms with E-state index in [9.17, 15) is 20.2 Å². The van der Waals surface area contributed by atoms with E-state index in [0.29, 0.717) is 6.54 Å². The zero-order chi connectivity index (χ0) is 15.4. The molecule has 1 heterocycles. The van der Waals surface area contributed by atoms with Crippen LogP contribution in [0.5, 0.6) is 0 Å². The predicted octanol–water partition coefficient (Wildman–Crippen LogP) is 3.42. The van der Waals surface area contributed by atoms with Crippen LogP contribution in [-0.4, -0.2) is 9.85 Å². The summed E-state index contributed by atoms with van der Waals surface area (Å²) in [5, 5.41) is 24.7. The molecule has 2 rings (SSSR count). The molecular formula is C13H13N3O4S. The third-order valence-corrected chi connectivity index (χ3v) is 4.03. The molecule has 1 aromatic carbocycles. The Morgan fingerprint density at radius 1 is 1.19 bits per heavy atom. The van der Waals surface area contributed by atoms with Gasteiger partial charge in [0.1, 0.15) is 0 Å². The van der Waals surface area contributed by atoms with E-state index in [0.717, 1.165) is 21.8 Å². The summed E-state index contributed by atoms with van der Waals surface area (Å²) in [5.41, 5.74) is 0.850. The highest BCUT2D eigenvalue weighted by Crippen LogP contribution is 2.25. The lowest BCUT2D eigenvalue weighted by Gasteiger charge is -2.13. The minimum Gasteiger partial charge on any atom is -0.305 e. The predicted molar refractivity (Wildman–Crippen MR) is 79.3 cm³/mol. The summed E-state index contributed by atoms with van der Waals surface area (Å²) in [6.07, 6.45) is 0. The van der Waals surface area contributed by atoms with E-state index in [1.165, 1.54) is 18.2 Å². The van der Waals surface area contributed by atoms with Crippen LogP contribution in [0.15, 0.2) is 36.4 Å². The van der Waals surface area contributed by atoms with Gasteiger partial charge in [-0.2, -0.15) is 0 Å². The van der Waals surface area contributed by atoms with Crippen LogP contribution in [0.25, 0.3) is 0 Å². The Bertz CT molecular complexity index is 671. The number of non-ortho nitro benzene ring substituents is 1. The molecule has 0 aliphatic rings. The van der Waals surface area contributed by atoms with Crippen molar-refractivity contribution in [1.82, 2.24) is 5.32 Å². The zero-order valence-corrected chi connectivity index (χ0v) is 12.0. The van der Waals surface area contributed by atoms with Gasteiger partial charge in [-0.15, -0.1) is 0 Å². The van der Waals surface area contributed by atoms with Gasteiger partial charge in [0.2, 0.25) is 0 Å². The lowest BCUT2D eigenvalue weighted by atomic mass is 10.1. The van der Waals surface area contributed by atoms with Gasteiger partial charge in [-0.25, -0.2) is 0 Å². The van der Waals surface area contributed by atoms with Crippen molar-refractivity contribution in [1.29, 1.82) is 0 Å². The largest absolute Gasteiger partial charge is 0.324 e. The number of nitro benzene ring substituents is 1. The Morgan fingerprint density at radius 2 is 1.95 bits per heavy atom. The van der Waals surface area contributed by atoms with Gasteiger partial charge in [-0.3, -0.25) is 20.2 Å². The number of nitro groups is 2. The van der Waals surface area contributed by atoms with Gasteiger partial charge >= 0.3 is 5.00 Å². The molecule has 110 valence electrons. The van der Waals surface area contributed by atoms with Crippen molar-refractivity contribution >= 4 is 22.0 Å². The number of nitrogens with one attached hydrogen (secondary N) is 1. The van der Waals surface area contributed by atoms with Crippen LogP contribution in [-0.2, 0) is 6.54 Å². The molecule has 0 spiro atoms. The second-order valence-corrected chi connectivity index (χ2v) is 5.60. The minimum atomic E-state index is -0.432. The SMILES string of the molecule is CC(NCc1ccc([N+](=O)[O-])s1)c1cccc([N+](=O)[O-])c1. The molecule has 0 saturated heterocycles. The summed E-state index contributed by atoms with van der Waals surface area (Å²) < 4.78 is 0. The third kappa shape index (κ3) is 3.83. The summed E-state index contributed by atoms with van der Waals surface area (Å²) in [6.45, 7) is 2.36. The van der Waals surface area contributed by atoms with E-state index >= 15 is 0 Å². The summed E-state index contributed by atoms with van der Waals surface area (Å²) in [6, 6.07) is 9.50. The Kier molecular flexibility index (Phi) is 4.61. The van der Waals surface area contributed by atoms with Gasteiger partial charge in [0.15, 0.2) is 0 Å². The van der Waals surface area contributed by atoms with E-state index in [1.54, 1.807) is 12.1 Å². The summed E-state index contributed by atoms with van der Waals surface area (Å²) in [4.78, 5) is 21.3. The molecule has 0 aliphatic carbocycles.